The summed E-state index contributed by atoms with van der Waals surface area (Å²) in [4.78, 5) is 51.8. The fourth-order valence-corrected chi connectivity index (χ4v) is 5.77. The van der Waals surface area contributed by atoms with Crippen molar-refractivity contribution < 1.29 is 19.4 Å². The number of hydrogen-bond donors (Lipinski definition) is 2. The molecule has 1 saturated heterocycles. The summed E-state index contributed by atoms with van der Waals surface area (Å²) in [6.45, 7) is 2.02. The van der Waals surface area contributed by atoms with Gasteiger partial charge in [-0.3, -0.25) is 23.5 Å². The lowest BCUT2D eigenvalue weighted by Crippen LogP contribution is -2.44. The molecule has 5 rings (SSSR count). The van der Waals surface area contributed by atoms with Crippen molar-refractivity contribution in [2.75, 3.05) is 26.2 Å². The Morgan fingerprint density at radius 1 is 0.818 bits per heavy atom. The summed E-state index contributed by atoms with van der Waals surface area (Å²) in [5.41, 5.74) is 1.67. The van der Waals surface area contributed by atoms with Gasteiger partial charge in [0, 0.05) is 19.6 Å². The van der Waals surface area contributed by atoms with E-state index in [4.69, 9.17) is 9.84 Å². The van der Waals surface area contributed by atoms with Crippen LogP contribution in [0.15, 0.2) is 94.5 Å². The molecule has 1 amide bonds. The first-order valence-electron chi connectivity index (χ1n) is 15.1. The fourth-order valence-electron chi connectivity index (χ4n) is 5.77. The van der Waals surface area contributed by atoms with Gasteiger partial charge in [0.15, 0.2) is 0 Å². The van der Waals surface area contributed by atoms with Gasteiger partial charge < -0.3 is 20.1 Å². The molecule has 10 nitrogen and oxygen atoms in total. The predicted octanol–water partition coefficient (Wildman–Crippen LogP) is 3.41. The van der Waals surface area contributed by atoms with Crippen LogP contribution >= 0.6 is 0 Å². The van der Waals surface area contributed by atoms with E-state index in [-0.39, 0.29) is 12.2 Å². The van der Waals surface area contributed by atoms with Crippen LogP contribution in [0.5, 0.6) is 0 Å². The van der Waals surface area contributed by atoms with Crippen LogP contribution in [0.4, 0.5) is 0 Å². The van der Waals surface area contributed by atoms with Gasteiger partial charge in [-0.15, -0.1) is 0 Å². The number of carbonyl (C=O) groups is 2. The summed E-state index contributed by atoms with van der Waals surface area (Å²) in [5, 5.41) is 11.4. The van der Waals surface area contributed by atoms with Crippen LogP contribution in [0.2, 0.25) is 0 Å². The number of carbonyl (C=O) groups excluding carboxylic acids is 1. The number of likely N-dealkylation sites (tertiary alicyclic amines) is 1. The minimum Gasteiger partial charge on any atom is -0.480 e. The Balaban J connectivity index is 1.16. The maximum Gasteiger partial charge on any atom is 0.331 e. The molecule has 3 aromatic carbocycles. The highest BCUT2D eigenvalue weighted by molar-refractivity contribution is 5.82. The number of carboxylic acid groups (broad SMARTS) is 1. The molecule has 0 saturated carbocycles. The Morgan fingerprint density at radius 3 is 2.05 bits per heavy atom. The van der Waals surface area contributed by atoms with E-state index in [0.29, 0.717) is 23.9 Å². The number of aryl methyl sites for hydroxylation is 1. The van der Waals surface area contributed by atoms with Gasteiger partial charge in [-0.25, -0.2) is 4.79 Å². The van der Waals surface area contributed by atoms with Gasteiger partial charge in [-0.2, -0.15) is 0 Å². The first-order chi connectivity index (χ1) is 21.4. The van der Waals surface area contributed by atoms with Gasteiger partial charge in [0.2, 0.25) is 5.91 Å². The summed E-state index contributed by atoms with van der Waals surface area (Å²) in [6.07, 6.45) is 3.52. The molecular weight excluding hydrogens is 560 g/mol. The van der Waals surface area contributed by atoms with E-state index >= 15 is 0 Å². The quantitative estimate of drug-likeness (QED) is 0.226. The van der Waals surface area contributed by atoms with Crippen molar-refractivity contribution >= 4 is 22.8 Å². The molecule has 0 radical (unpaired) electrons. The van der Waals surface area contributed by atoms with E-state index in [2.05, 4.69) is 34.5 Å². The lowest BCUT2D eigenvalue weighted by atomic mass is 10.00. The Bertz CT molecular complexity index is 1640. The van der Waals surface area contributed by atoms with Crippen molar-refractivity contribution in [2.45, 2.75) is 51.0 Å². The highest BCUT2D eigenvalue weighted by atomic mass is 16.5. The molecule has 230 valence electrons. The highest BCUT2D eigenvalue weighted by Gasteiger charge is 2.24. The average molecular weight is 599 g/mol. The number of carboxylic acids is 1. The van der Waals surface area contributed by atoms with Crippen molar-refractivity contribution in [3.63, 3.8) is 0 Å². The molecule has 0 spiro atoms. The molecule has 2 heterocycles. The molecule has 1 aliphatic heterocycles. The van der Waals surface area contributed by atoms with Crippen LogP contribution in [-0.2, 0) is 27.4 Å². The normalized spacial score (nSPS) is 14.2. The van der Waals surface area contributed by atoms with E-state index < -0.39 is 36.2 Å². The van der Waals surface area contributed by atoms with Crippen LogP contribution in [0, 0.1) is 0 Å². The zero-order chi connectivity index (χ0) is 30.9. The molecule has 0 atom stereocenters. The fraction of sp³-hybridized carbons (Fsp3) is 0.353. The zero-order valence-corrected chi connectivity index (χ0v) is 24.6. The van der Waals surface area contributed by atoms with Crippen molar-refractivity contribution in [2.24, 2.45) is 0 Å². The minimum atomic E-state index is -1.21. The number of hydrogen-bond acceptors (Lipinski definition) is 6. The second kappa shape index (κ2) is 14.8. The molecular formula is C34H38N4O6. The lowest BCUT2D eigenvalue weighted by Gasteiger charge is -2.34. The van der Waals surface area contributed by atoms with Gasteiger partial charge in [0.05, 0.1) is 17.0 Å². The molecule has 0 aliphatic carbocycles. The number of para-hydroxylation sites is 1. The third kappa shape index (κ3) is 7.69. The minimum absolute atomic E-state index is 0.103. The highest BCUT2D eigenvalue weighted by Crippen LogP contribution is 2.30. The summed E-state index contributed by atoms with van der Waals surface area (Å²) < 4.78 is 9.09. The number of nitrogens with one attached hydrogen (secondary N) is 1. The third-order valence-corrected chi connectivity index (χ3v) is 8.04. The predicted molar refractivity (Wildman–Crippen MR) is 168 cm³/mol. The maximum absolute atomic E-state index is 13.3. The maximum atomic E-state index is 13.3. The Morgan fingerprint density at radius 2 is 1.41 bits per heavy atom. The molecule has 1 fully saturated rings. The van der Waals surface area contributed by atoms with Gasteiger partial charge in [-0.1, -0.05) is 72.8 Å². The number of nitrogens with zero attached hydrogens (tertiary/aromatic N) is 3. The number of fused-ring (bicyclic) bond motifs is 1. The van der Waals surface area contributed by atoms with Crippen molar-refractivity contribution in [1.82, 2.24) is 19.4 Å². The molecule has 10 heteroatoms. The summed E-state index contributed by atoms with van der Waals surface area (Å²) >= 11 is 0. The van der Waals surface area contributed by atoms with Crippen LogP contribution in [0.1, 0.15) is 42.9 Å². The first kappa shape index (κ1) is 30.9. The Labute approximate surface area is 255 Å². The number of ether oxygens (including phenoxy) is 1. The van der Waals surface area contributed by atoms with Crippen LogP contribution in [-0.4, -0.2) is 63.3 Å². The van der Waals surface area contributed by atoms with Crippen LogP contribution in [0.3, 0.4) is 0 Å². The Kier molecular flexibility index (Phi) is 10.4. The second-order valence-corrected chi connectivity index (χ2v) is 11.1. The topological polar surface area (TPSA) is 123 Å². The average Bonchev–Trinajstić information content (AvgIpc) is 3.05. The van der Waals surface area contributed by atoms with E-state index in [0.717, 1.165) is 54.6 Å². The molecule has 1 aliphatic rings. The van der Waals surface area contributed by atoms with Crippen molar-refractivity contribution in [3.8, 4) is 0 Å². The van der Waals surface area contributed by atoms with E-state index in [1.165, 1.54) is 4.57 Å². The number of amides is 1. The largest absolute Gasteiger partial charge is 0.480 e. The van der Waals surface area contributed by atoms with Gasteiger partial charge in [0.25, 0.3) is 5.56 Å². The number of aromatic nitrogens is 2. The zero-order valence-electron chi connectivity index (χ0n) is 24.6. The van der Waals surface area contributed by atoms with Crippen LogP contribution < -0.4 is 16.6 Å². The van der Waals surface area contributed by atoms with Gasteiger partial charge >= 0.3 is 11.7 Å². The second-order valence-electron chi connectivity index (χ2n) is 11.1. The van der Waals surface area contributed by atoms with E-state index in [9.17, 15) is 19.2 Å². The lowest BCUT2D eigenvalue weighted by molar-refractivity contribution is -0.138. The molecule has 0 bridgehead atoms. The molecule has 0 unspecified atom stereocenters. The number of aliphatic carboxylic acids is 1. The summed E-state index contributed by atoms with van der Waals surface area (Å²) in [7, 11) is 0. The number of benzene rings is 3. The third-order valence-electron chi connectivity index (χ3n) is 8.04. The Hall–Kier alpha value is -4.54. The first-order valence-corrected chi connectivity index (χ1v) is 15.1. The number of rotatable bonds is 13. The standard InChI is InChI=1S/C34H38N4O6/c39-30(35-23-31(40)41)24-38-33(42)28-15-7-8-16-29(28)37(34(38)43)20-10-9-19-36-21-17-27(18-22-36)44-32(25-11-3-1-4-12-25)26-13-5-2-6-14-26/h1-8,11-16,27,32H,9-10,17-24H2,(H,35,39)(H,40,41). The van der Waals surface area contributed by atoms with Gasteiger partial charge in [0.1, 0.15) is 19.2 Å². The van der Waals surface area contributed by atoms with Crippen molar-refractivity contribution in [3.05, 3.63) is 117 Å². The summed E-state index contributed by atoms with van der Waals surface area (Å²) in [5.74, 6) is -1.92. The van der Waals surface area contributed by atoms with Gasteiger partial charge in [-0.05, 0) is 55.5 Å². The molecule has 4 aromatic rings. The number of unbranched alkanes of at least 4 members (excludes halogenated alkanes) is 1. The van der Waals surface area contributed by atoms with E-state index in [1.54, 1.807) is 24.3 Å². The molecule has 2 N–H and O–H groups in total. The van der Waals surface area contributed by atoms with Crippen molar-refractivity contribution in [1.29, 1.82) is 0 Å². The monoisotopic (exact) mass is 598 g/mol. The van der Waals surface area contributed by atoms with E-state index in [1.807, 2.05) is 36.4 Å². The summed E-state index contributed by atoms with van der Waals surface area (Å²) in [6, 6.07) is 27.5. The SMILES string of the molecule is O=C(O)CNC(=O)Cn1c(=O)c2ccccc2n(CCCCN2CCC(OC(c3ccccc3)c3ccccc3)CC2)c1=O. The molecule has 1 aromatic heterocycles. The smallest absolute Gasteiger partial charge is 0.331 e. The van der Waals surface area contributed by atoms with Crippen LogP contribution in [0.25, 0.3) is 10.9 Å². The molecule has 44 heavy (non-hydrogen) atoms. The number of piperidine rings is 1.